The molecule has 3 aliphatic rings. The SMILES string of the molecule is CO[C@]1(C)CC(OC2[C@H](C)C(OC3O[C@H](C)CC(N(C)C)C3O)c3cc(C)c(o3)[C@H](C)C(O)C(C)(C)C(C)OC(=O)[C@@H]2C)O[C@@H](C)C1O. The monoisotopic (exact) mass is 683 g/mol. The molecule has 3 N–H and O–H groups in total. The van der Waals surface area contributed by atoms with Gasteiger partial charge in [-0.15, -0.1) is 0 Å². The van der Waals surface area contributed by atoms with E-state index in [0.29, 0.717) is 17.9 Å². The molecule has 15 atom stereocenters. The van der Waals surface area contributed by atoms with E-state index < -0.39 is 90.0 Å². The Hall–Kier alpha value is -1.61. The molecule has 4 heterocycles. The van der Waals surface area contributed by atoms with Gasteiger partial charge in [-0.2, -0.15) is 0 Å². The smallest absolute Gasteiger partial charge is 0.311 e. The molecule has 2 bridgehead atoms. The Morgan fingerprint density at radius 3 is 2.19 bits per heavy atom. The summed E-state index contributed by atoms with van der Waals surface area (Å²) in [7, 11) is 5.36. The van der Waals surface area contributed by atoms with E-state index in [9.17, 15) is 20.1 Å². The van der Waals surface area contributed by atoms with Crippen molar-refractivity contribution in [1.82, 2.24) is 4.90 Å². The molecule has 3 aliphatic heterocycles. The van der Waals surface area contributed by atoms with Crippen LogP contribution in [-0.4, -0.2) is 114 Å². The summed E-state index contributed by atoms with van der Waals surface area (Å²) in [6.07, 6.45) is -6.99. The van der Waals surface area contributed by atoms with Crippen LogP contribution in [0.3, 0.4) is 0 Å². The molecule has 0 spiro atoms. The normalized spacial score (nSPS) is 44.4. The number of nitrogens with zero attached hydrogens (tertiary/aromatic N) is 1. The topological polar surface area (TPSA) is 150 Å². The standard InChI is InChI=1S/C36H61NO11/c1-17-14-25-30(48-34-27(38)24(37(11)12)15-18(2)43-34)19(3)29(47-26-16-36(10,42-13)32(40)22(6)44-26)21(5)33(41)45-23(7)35(8,9)31(39)20(4)28(17)46-25/h14,18-24,26-27,29-32,34,38-40H,15-16H2,1-13H3/t18-,19+,20+,21-,22+,23?,24?,26?,27?,29?,30?,31?,32?,34?,36-/m1/s1. The third kappa shape index (κ3) is 7.67. The highest BCUT2D eigenvalue weighted by atomic mass is 16.7. The maximum atomic E-state index is 14.0. The number of likely N-dealkylation sites (N-methyl/N-ethyl adjacent to an activating group) is 1. The van der Waals surface area contributed by atoms with Gasteiger partial charge in [-0.3, -0.25) is 4.79 Å². The number of aryl methyl sites for hydroxylation is 1. The fourth-order valence-corrected chi connectivity index (χ4v) is 7.60. The van der Waals surface area contributed by atoms with E-state index in [1.807, 2.05) is 66.6 Å². The second-order valence-electron chi connectivity index (χ2n) is 15.6. The minimum absolute atomic E-state index is 0.195. The zero-order chi connectivity index (χ0) is 36.0. The minimum atomic E-state index is -1.01. The van der Waals surface area contributed by atoms with Crippen molar-refractivity contribution in [2.45, 2.75) is 161 Å². The van der Waals surface area contributed by atoms with Gasteiger partial charge < -0.3 is 53.1 Å². The van der Waals surface area contributed by atoms with E-state index >= 15 is 0 Å². The summed E-state index contributed by atoms with van der Waals surface area (Å²) in [5.41, 5.74) is -0.959. The average molecular weight is 684 g/mol. The van der Waals surface area contributed by atoms with Crippen LogP contribution in [-0.2, 0) is 33.2 Å². The number of hydrogen-bond acceptors (Lipinski definition) is 12. The van der Waals surface area contributed by atoms with Crippen LogP contribution in [0.15, 0.2) is 10.5 Å². The Bertz CT molecular complexity index is 1240. The van der Waals surface area contributed by atoms with Gasteiger partial charge in [-0.05, 0) is 73.7 Å². The molecule has 48 heavy (non-hydrogen) atoms. The minimum Gasteiger partial charge on any atom is -0.463 e. The molecule has 0 aliphatic carbocycles. The van der Waals surface area contributed by atoms with Crippen molar-refractivity contribution in [3.8, 4) is 0 Å². The van der Waals surface area contributed by atoms with Crippen LogP contribution in [0.5, 0.6) is 0 Å². The molecule has 1 aromatic rings. The number of hydrogen-bond donors (Lipinski definition) is 3. The summed E-state index contributed by atoms with van der Waals surface area (Å²) >= 11 is 0. The molecular weight excluding hydrogens is 622 g/mol. The summed E-state index contributed by atoms with van der Waals surface area (Å²) < 4.78 is 44.2. The molecule has 0 amide bonds. The van der Waals surface area contributed by atoms with Crippen LogP contribution in [0.1, 0.15) is 104 Å². The number of carbonyl (C=O) groups is 1. The van der Waals surface area contributed by atoms with Gasteiger partial charge in [0.25, 0.3) is 0 Å². The summed E-state index contributed by atoms with van der Waals surface area (Å²) in [5, 5.41) is 34.0. The summed E-state index contributed by atoms with van der Waals surface area (Å²) in [6, 6.07) is 1.68. The van der Waals surface area contributed by atoms with E-state index in [1.54, 1.807) is 27.7 Å². The van der Waals surface area contributed by atoms with Crippen LogP contribution in [0.2, 0.25) is 0 Å². The Kier molecular flexibility index (Phi) is 12.2. The zero-order valence-electron chi connectivity index (χ0n) is 31.1. The van der Waals surface area contributed by atoms with Crippen LogP contribution in [0, 0.1) is 24.2 Å². The molecule has 0 saturated carbocycles. The Morgan fingerprint density at radius 2 is 1.58 bits per heavy atom. The third-order valence-corrected chi connectivity index (χ3v) is 11.4. The number of carbonyl (C=O) groups excluding carboxylic acids is 1. The Balaban J connectivity index is 1.83. The van der Waals surface area contributed by atoms with E-state index in [-0.39, 0.29) is 18.6 Å². The number of cyclic esters (lactones) is 1. The molecule has 4 rings (SSSR count). The second-order valence-corrected chi connectivity index (χ2v) is 15.6. The molecule has 2 fully saturated rings. The molecular formula is C36H61NO11. The van der Waals surface area contributed by atoms with Crippen LogP contribution in [0.4, 0.5) is 0 Å². The first-order valence-corrected chi connectivity index (χ1v) is 17.4. The van der Waals surface area contributed by atoms with Gasteiger partial charge in [-0.25, -0.2) is 0 Å². The van der Waals surface area contributed by atoms with Gasteiger partial charge in [0.1, 0.15) is 35.9 Å². The summed E-state index contributed by atoms with van der Waals surface area (Å²) in [4.78, 5) is 15.9. The van der Waals surface area contributed by atoms with E-state index in [2.05, 4.69) is 0 Å². The molecule has 0 aromatic carbocycles. The van der Waals surface area contributed by atoms with Gasteiger partial charge in [0.05, 0.1) is 35.9 Å². The first-order valence-electron chi connectivity index (χ1n) is 17.4. The Morgan fingerprint density at radius 1 is 0.938 bits per heavy atom. The van der Waals surface area contributed by atoms with Crippen LogP contribution in [0.25, 0.3) is 0 Å². The fraction of sp³-hybridized carbons (Fsp3) is 0.861. The van der Waals surface area contributed by atoms with Crippen molar-refractivity contribution in [2.24, 2.45) is 17.3 Å². The average Bonchev–Trinajstić information content (AvgIpc) is 3.41. The number of rotatable bonds is 6. The molecule has 12 nitrogen and oxygen atoms in total. The number of aliphatic hydroxyl groups excluding tert-OH is 3. The first-order chi connectivity index (χ1) is 22.2. The summed E-state index contributed by atoms with van der Waals surface area (Å²) in [5.74, 6) is -1.32. The number of aliphatic hydroxyl groups is 3. The molecule has 0 radical (unpaired) electrons. The quantitative estimate of drug-likeness (QED) is 0.371. The van der Waals surface area contributed by atoms with Crippen molar-refractivity contribution in [2.75, 3.05) is 21.2 Å². The first kappa shape index (κ1) is 39.2. The second kappa shape index (κ2) is 14.9. The zero-order valence-corrected chi connectivity index (χ0v) is 31.1. The lowest BCUT2D eigenvalue weighted by Gasteiger charge is -2.46. The lowest BCUT2D eigenvalue weighted by Crippen LogP contribution is -2.57. The predicted octanol–water partition coefficient (Wildman–Crippen LogP) is 4.07. The third-order valence-electron chi connectivity index (χ3n) is 11.4. The molecule has 276 valence electrons. The van der Waals surface area contributed by atoms with E-state index in [1.165, 1.54) is 7.11 Å². The van der Waals surface area contributed by atoms with Gasteiger partial charge in [0.2, 0.25) is 0 Å². The largest absolute Gasteiger partial charge is 0.463 e. The molecule has 12 heteroatoms. The molecule has 1 aromatic heterocycles. The van der Waals surface area contributed by atoms with Gasteiger partial charge >= 0.3 is 5.97 Å². The highest BCUT2D eigenvalue weighted by molar-refractivity contribution is 5.73. The highest BCUT2D eigenvalue weighted by Crippen LogP contribution is 2.44. The molecule has 2 saturated heterocycles. The van der Waals surface area contributed by atoms with Crippen LogP contribution < -0.4 is 0 Å². The number of methoxy groups -OCH3 is 1. The van der Waals surface area contributed by atoms with Gasteiger partial charge in [0, 0.05) is 36.8 Å². The summed E-state index contributed by atoms with van der Waals surface area (Å²) in [6.45, 7) is 18.5. The Labute approximate surface area is 286 Å². The van der Waals surface area contributed by atoms with Crippen molar-refractivity contribution in [3.63, 3.8) is 0 Å². The van der Waals surface area contributed by atoms with Crippen molar-refractivity contribution < 1.29 is 53.0 Å². The van der Waals surface area contributed by atoms with Gasteiger partial charge in [-0.1, -0.05) is 27.7 Å². The van der Waals surface area contributed by atoms with E-state index in [0.717, 1.165) is 5.56 Å². The predicted molar refractivity (Wildman–Crippen MR) is 177 cm³/mol. The lowest BCUT2D eigenvalue weighted by atomic mass is 9.75. The highest BCUT2D eigenvalue weighted by Gasteiger charge is 2.50. The van der Waals surface area contributed by atoms with Crippen molar-refractivity contribution in [1.29, 1.82) is 0 Å². The van der Waals surface area contributed by atoms with Crippen molar-refractivity contribution >= 4 is 5.97 Å². The number of fused-ring (bicyclic) bond motifs is 2. The maximum absolute atomic E-state index is 14.0. The number of esters is 1. The fourth-order valence-electron chi connectivity index (χ4n) is 7.60. The van der Waals surface area contributed by atoms with Crippen molar-refractivity contribution in [3.05, 3.63) is 23.2 Å². The van der Waals surface area contributed by atoms with Gasteiger partial charge in [0.15, 0.2) is 12.6 Å². The van der Waals surface area contributed by atoms with E-state index in [4.69, 9.17) is 32.8 Å². The maximum Gasteiger partial charge on any atom is 0.311 e. The lowest BCUT2D eigenvalue weighted by molar-refractivity contribution is -0.308. The number of furan rings is 1. The number of ether oxygens (including phenoxy) is 6. The molecule has 9 unspecified atom stereocenters. The van der Waals surface area contributed by atoms with Crippen LogP contribution >= 0.6 is 0 Å².